The van der Waals surface area contributed by atoms with Crippen LogP contribution in [0.15, 0.2) is 16.6 Å². The molecule has 1 aliphatic rings. The zero-order valence-corrected chi connectivity index (χ0v) is 12.3. The molecule has 0 bridgehead atoms. The summed E-state index contributed by atoms with van der Waals surface area (Å²) in [5, 5.41) is 9.09. The van der Waals surface area contributed by atoms with E-state index in [1.807, 2.05) is 6.07 Å². The second kappa shape index (κ2) is 6.36. The Kier molecular flexibility index (Phi) is 4.79. The predicted octanol–water partition coefficient (Wildman–Crippen LogP) is 1.99. The highest BCUT2D eigenvalue weighted by atomic mass is 79.9. The molecular formula is C13H16BrNO4. The number of hydrogen-bond donors (Lipinski definition) is 1. The zero-order chi connectivity index (χ0) is 13.8. The zero-order valence-electron chi connectivity index (χ0n) is 10.7. The molecule has 1 N–H and O–H groups in total. The van der Waals surface area contributed by atoms with Gasteiger partial charge in [0.2, 0.25) is 0 Å². The molecule has 1 aliphatic heterocycles. The Morgan fingerprint density at radius 2 is 2.16 bits per heavy atom. The van der Waals surface area contributed by atoms with Crippen molar-refractivity contribution in [2.45, 2.75) is 6.54 Å². The van der Waals surface area contributed by atoms with Crippen LogP contribution in [0.4, 0.5) is 0 Å². The minimum Gasteiger partial charge on any atom is -0.496 e. The maximum Gasteiger partial charge on any atom is 0.336 e. The molecular weight excluding hydrogens is 314 g/mol. The first-order valence-corrected chi connectivity index (χ1v) is 6.81. The van der Waals surface area contributed by atoms with Crippen LogP contribution >= 0.6 is 15.9 Å². The van der Waals surface area contributed by atoms with E-state index in [0.717, 1.165) is 38.4 Å². The third kappa shape index (κ3) is 3.46. The Balaban J connectivity index is 2.23. The summed E-state index contributed by atoms with van der Waals surface area (Å²) in [7, 11) is 1.55. The van der Waals surface area contributed by atoms with Gasteiger partial charge in [0.25, 0.3) is 0 Å². The van der Waals surface area contributed by atoms with Crippen LogP contribution in [0.2, 0.25) is 0 Å². The minimum atomic E-state index is -0.969. The van der Waals surface area contributed by atoms with Crippen LogP contribution in [0.5, 0.6) is 5.75 Å². The molecule has 0 amide bonds. The molecule has 1 saturated heterocycles. The number of methoxy groups -OCH3 is 1. The first-order valence-electron chi connectivity index (χ1n) is 6.01. The highest BCUT2D eigenvalue weighted by Gasteiger charge is 2.17. The number of rotatable bonds is 4. The summed E-state index contributed by atoms with van der Waals surface area (Å²) in [6.07, 6.45) is 0. The van der Waals surface area contributed by atoms with Gasteiger partial charge in [0.15, 0.2) is 0 Å². The normalized spacial score (nSPS) is 16.3. The van der Waals surface area contributed by atoms with E-state index in [9.17, 15) is 4.79 Å². The predicted molar refractivity (Wildman–Crippen MR) is 73.7 cm³/mol. The Morgan fingerprint density at radius 1 is 1.47 bits per heavy atom. The first kappa shape index (κ1) is 14.3. The fourth-order valence-electron chi connectivity index (χ4n) is 2.07. The van der Waals surface area contributed by atoms with Crippen molar-refractivity contribution < 1.29 is 19.4 Å². The summed E-state index contributed by atoms with van der Waals surface area (Å²) in [6.45, 7) is 3.95. The van der Waals surface area contributed by atoms with Crippen LogP contribution in [-0.2, 0) is 11.3 Å². The maximum atomic E-state index is 11.1. The van der Waals surface area contributed by atoms with Crippen molar-refractivity contribution in [2.75, 3.05) is 33.4 Å². The molecule has 0 aliphatic carbocycles. The summed E-state index contributed by atoms with van der Waals surface area (Å²) < 4.78 is 11.2. The van der Waals surface area contributed by atoms with E-state index in [1.165, 1.54) is 0 Å². The second-order valence-corrected chi connectivity index (χ2v) is 5.19. The van der Waals surface area contributed by atoms with Gasteiger partial charge in [-0.05, 0) is 28.1 Å². The van der Waals surface area contributed by atoms with Gasteiger partial charge in [-0.15, -0.1) is 0 Å². The number of carboxylic acids is 1. The molecule has 0 radical (unpaired) electrons. The van der Waals surface area contributed by atoms with Crippen LogP contribution in [0.25, 0.3) is 0 Å². The second-order valence-electron chi connectivity index (χ2n) is 4.34. The molecule has 0 unspecified atom stereocenters. The third-order valence-electron chi connectivity index (χ3n) is 3.10. The number of aromatic carboxylic acids is 1. The van der Waals surface area contributed by atoms with Crippen LogP contribution in [0.1, 0.15) is 15.9 Å². The molecule has 1 aromatic carbocycles. The molecule has 1 heterocycles. The highest BCUT2D eigenvalue weighted by molar-refractivity contribution is 9.10. The van der Waals surface area contributed by atoms with Gasteiger partial charge in [0.05, 0.1) is 25.9 Å². The molecule has 1 aromatic rings. The summed E-state index contributed by atoms with van der Waals surface area (Å²) in [6, 6.07) is 3.37. The fourth-order valence-corrected chi connectivity index (χ4v) is 2.63. The van der Waals surface area contributed by atoms with Gasteiger partial charge in [-0.25, -0.2) is 4.79 Å². The van der Waals surface area contributed by atoms with Gasteiger partial charge in [0, 0.05) is 29.7 Å². The molecule has 0 aromatic heterocycles. The average molecular weight is 330 g/mol. The standard InChI is InChI=1S/C13H16BrNO4/c1-18-12-7-10(13(16)17)11(14)6-9(12)8-15-2-4-19-5-3-15/h6-7H,2-5,8H2,1H3,(H,16,17). The van der Waals surface area contributed by atoms with Crippen molar-refractivity contribution in [3.05, 3.63) is 27.7 Å². The van der Waals surface area contributed by atoms with Crippen molar-refractivity contribution in [1.82, 2.24) is 4.90 Å². The largest absolute Gasteiger partial charge is 0.496 e. The molecule has 5 nitrogen and oxygen atoms in total. The van der Waals surface area contributed by atoms with Crippen molar-refractivity contribution in [1.29, 1.82) is 0 Å². The summed E-state index contributed by atoms with van der Waals surface area (Å²) >= 11 is 3.30. The van der Waals surface area contributed by atoms with Gasteiger partial charge >= 0.3 is 5.97 Å². The molecule has 0 saturated carbocycles. The number of carbonyl (C=O) groups is 1. The lowest BCUT2D eigenvalue weighted by Gasteiger charge is -2.27. The number of hydrogen-bond acceptors (Lipinski definition) is 4. The molecule has 0 atom stereocenters. The van der Waals surface area contributed by atoms with E-state index < -0.39 is 5.97 Å². The van der Waals surface area contributed by atoms with Crippen molar-refractivity contribution in [3.8, 4) is 5.75 Å². The summed E-state index contributed by atoms with van der Waals surface area (Å²) in [5.41, 5.74) is 1.18. The van der Waals surface area contributed by atoms with E-state index in [1.54, 1.807) is 13.2 Å². The van der Waals surface area contributed by atoms with Crippen LogP contribution in [-0.4, -0.2) is 49.4 Å². The number of nitrogens with zero attached hydrogens (tertiary/aromatic N) is 1. The SMILES string of the molecule is COc1cc(C(=O)O)c(Br)cc1CN1CCOCC1. The van der Waals surface area contributed by atoms with E-state index in [-0.39, 0.29) is 5.56 Å². The minimum absolute atomic E-state index is 0.211. The van der Waals surface area contributed by atoms with Crippen molar-refractivity contribution in [2.24, 2.45) is 0 Å². The number of halogens is 1. The van der Waals surface area contributed by atoms with Crippen LogP contribution in [0.3, 0.4) is 0 Å². The lowest BCUT2D eigenvalue weighted by Crippen LogP contribution is -2.35. The Hall–Kier alpha value is -1.11. The van der Waals surface area contributed by atoms with Gasteiger partial charge in [-0.3, -0.25) is 4.90 Å². The van der Waals surface area contributed by atoms with Gasteiger partial charge in [-0.1, -0.05) is 0 Å². The van der Waals surface area contributed by atoms with Crippen LogP contribution in [0, 0.1) is 0 Å². The third-order valence-corrected chi connectivity index (χ3v) is 3.75. The van der Waals surface area contributed by atoms with E-state index >= 15 is 0 Å². The first-order chi connectivity index (χ1) is 9.11. The lowest BCUT2D eigenvalue weighted by molar-refractivity contribution is 0.0339. The fraction of sp³-hybridized carbons (Fsp3) is 0.462. The summed E-state index contributed by atoms with van der Waals surface area (Å²) in [5.74, 6) is -0.366. The van der Waals surface area contributed by atoms with Gasteiger partial charge in [-0.2, -0.15) is 0 Å². The van der Waals surface area contributed by atoms with Gasteiger partial charge in [0.1, 0.15) is 5.75 Å². The molecule has 2 rings (SSSR count). The smallest absolute Gasteiger partial charge is 0.336 e. The molecule has 6 heteroatoms. The number of morpholine rings is 1. The Labute approximate surface area is 120 Å². The lowest BCUT2D eigenvalue weighted by atomic mass is 10.1. The number of ether oxygens (including phenoxy) is 2. The topological polar surface area (TPSA) is 59.0 Å². The average Bonchev–Trinajstić information content (AvgIpc) is 2.39. The monoisotopic (exact) mass is 329 g/mol. The van der Waals surface area contributed by atoms with Crippen molar-refractivity contribution in [3.63, 3.8) is 0 Å². The van der Waals surface area contributed by atoms with Gasteiger partial charge < -0.3 is 14.6 Å². The molecule has 104 valence electrons. The number of carboxylic acid groups (broad SMARTS) is 1. The van der Waals surface area contributed by atoms with Crippen LogP contribution < -0.4 is 4.74 Å². The maximum absolute atomic E-state index is 11.1. The number of benzene rings is 1. The van der Waals surface area contributed by atoms with E-state index in [4.69, 9.17) is 14.6 Å². The molecule has 19 heavy (non-hydrogen) atoms. The van der Waals surface area contributed by atoms with Crippen molar-refractivity contribution >= 4 is 21.9 Å². The Morgan fingerprint density at radius 3 is 2.74 bits per heavy atom. The molecule has 0 spiro atoms. The quantitative estimate of drug-likeness (QED) is 0.915. The van der Waals surface area contributed by atoms with E-state index in [2.05, 4.69) is 20.8 Å². The Bertz CT molecular complexity index is 472. The van der Waals surface area contributed by atoms with E-state index in [0.29, 0.717) is 10.2 Å². The molecule has 1 fully saturated rings. The highest BCUT2D eigenvalue weighted by Crippen LogP contribution is 2.28. The summed E-state index contributed by atoms with van der Waals surface area (Å²) in [4.78, 5) is 13.3.